The Bertz CT molecular complexity index is 932. The van der Waals surface area contributed by atoms with Gasteiger partial charge < -0.3 is 19.5 Å². The average molecular weight is 415 g/mol. The van der Waals surface area contributed by atoms with Gasteiger partial charge in [-0.3, -0.25) is 4.79 Å². The Kier molecular flexibility index (Phi) is 6.72. The van der Waals surface area contributed by atoms with Crippen molar-refractivity contribution in [2.75, 3.05) is 21.3 Å². The Hall–Kier alpha value is -3.06. The minimum Gasteiger partial charge on any atom is -0.493 e. The number of halogens is 1. The zero-order chi connectivity index (χ0) is 20.8. The number of benzene rings is 2. The van der Waals surface area contributed by atoms with Gasteiger partial charge in [0.05, 0.1) is 33.8 Å². The van der Waals surface area contributed by atoms with Gasteiger partial charge in [-0.15, -0.1) is 11.3 Å². The van der Waals surface area contributed by atoms with E-state index in [-0.39, 0.29) is 24.2 Å². The average Bonchev–Trinajstić information content (AvgIpc) is 3.26. The Morgan fingerprint density at radius 2 is 1.69 bits per heavy atom. The standard InChI is InChI=1S/C22H22FNO4S/c1-26-17-11-14(12-18(27-2)22(17)28-3)13-20(25)24-21(19-5-4-10-29-19)15-6-8-16(23)9-7-15/h4-12,21H,13H2,1-3H3,(H,24,25). The SMILES string of the molecule is COc1cc(CC(=O)NC(c2ccc(F)cc2)c2cccs2)cc(OC)c1OC. The molecular formula is C22H22FNO4S. The third-order valence-corrected chi connectivity index (χ3v) is 5.36. The minimum atomic E-state index is -0.356. The second-order valence-electron chi connectivity index (χ2n) is 6.28. The van der Waals surface area contributed by atoms with E-state index in [0.29, 0.717) is 17.2 Å². The summed E-state index contributed by atoms with van der Waals surface area (Å²) in [6.07, 6.45) is 0.125. The summed E-state index contributed by atoms with van der Waals surface area (Å²) in [7, 11) is 4.59. The number of hydrogen-bond acceptors (Lipinski definition) is 5. The highest BCUT2D eigenvalue weighted by molar-refractivity contribution is 7.10. The van der Waals surface area contributed by atoms with Crippen molar-refractivity contribution >= 4 is 17.2 Å². The zero-order valence-corrected chi connectivity index (χ0v) is 17.2. The number of hydrogen-bond donors (Lipinski definition) is 1. The summed E-state index contributed by atoms with van der Waals surface area (Å²) >= 11 is 1.53. The molecule has 0 radical (unpaired) electrons. The lowest BCUT2D eigenvalue weighted by atomic mass is 10.0. The molecule has 0 aliphatic carbocycles. The van der Waals surface area contributed by atoms with E-state index < -0.39 is 0 Å². The molecule has 3 aromatic rings. The highest BCUT2D eigenvalue weighted by Crippen LogP contribution is 2.38. The number of rotatable bonds is 8. The number of nitrogens with one attached hydrogen (secondary N) is 1. The van der Waals surface area contributed by atoms with E-state index in [2.05, 4.69) is 5.32 Å². The van der Waals surface area contributed by atoms with Gasteiger partial charge in [-0.05, 0) is 46.8 Å². The van der Waals surface area contributed by atoms with E-state index in [9.17, 15) is 9.18 Å². The van der Waals surface area contributed by atoms with Crippen molar-refractivity contribution in [3.8, 4) is 17.2 Å². The largest absolute Gasteiger partial charge is 0.493 e. The topological polar surface area (TPSA) is 56.8 Å². The van der Waals surface area contributed by atoms with Crippen LogP contribution in [-0.4, -0.2) is 27.2 Å². The summed E-state index contributed by atoms with van der Waals surface area (Å²) in [4.78, 5) is 13.8. The van der Waals surface area contributed by atoms with Crippen LogP contribution in [0.25, 0.3) is 0 Å². The maximum atomic E-state index is 13.3. The number of thiophene rings is 1. The second-order valence-corrected chi connectivity index (χ2v) is 7.26. The van der Waals surface area contributed by atoms with Crippen LogP contribution in [0, 0.1) is 5.82 Å². The van der Waals surface area contributed by atoms with E-state index in [1.54, 1.807) is 24.3 Å². The molecule has 1 heterocycles. The van der Waals surface area contributed by atoms with Crippen molar-refractivity contribution in [2.45, 2.75) is 12.5 Å². The van der Waals surface area contributed by atoms with Gasteiger partial charge >= 0.3 is 0 Å². The first-order valence-electron chi connectivity index (χ1n) is 8.92. The van der Waals surface area contributed by atoms with Crippen LogP contribution in [0.4, 0.5) is 4.39 Å². The predicted octanol–water partition coefficient (Wildman–Crippen LogP) is 4.36. The van der Waals surface area contributed by atoms with Gasteiger partial charge in [-0.2, -0.15) is 0 Å². The summed E-state index contributed by atoms with van der Waals surface area (Å²) in [5.41, 5.74) is 1.54. The van der Waals surface area contributed by atoms with E-state index in [0.717, 1.165) is 16.0 Å². The van der Waals surface area contributed by atoms with Gasteiger partial charge in [-0.1, -0.05) is 18.2 Å². The molecule has 0 fully saturated rings. The third-order valence-electron chi connectivity index (χ3n) is 4.43. The van der Waals surface area contributed by atoms with Crippen LogP contribution in [0.15, 0.2) is 53.9 Å². The molecule has 1 N–H and O–H groups in total. The maximum Gasteiger partial charge on any atom is 0.225 e. The summed E-state index contributed by atoms with van der Waals surface area (Å²) in [6.45, 7) is 0. The smallest absolute Gasteiger partial charge is 0.225 e. The second kappa shape index (κ2) is 9.43. The zero-order valence-electron chi connectivity index (χ0n) is 16.4. The molecule has 1 aromatic heterocycles. The molecule has 1 atom stereocenters. The highest BCUT2D eigenvalue weighted by Gasteiger charge is 2.20. The molecule has 152 valence electrons. The first kappa shape index (κ1) is 20.7. The molecule has 0 saturated carbocycles. The summed E-state index contributed by atoms with van der Waals surface area (Å²) < 4.78 is 29.3. The molecule has 0 aliphatic rings. The first-order valence-corrected chi connectivity index (χ1v) is 9.80. The Morgan fingerprint density at radius 3 is 2.21 bits per heavy atom. The Balaban J connectivity index is 1.83. The van der Waals surface area contributed by atoms with E-state index in [4.69, 9.17) is 14.2 Å². The quantitative estimate of drug-likeness (QED) is 0.594. The molecule has 0 spiro atoms. The lowest BCUT2D eigenvalue weighted by molar-refractivity contribution is -0.120. The molecule has 29 heavy (non-hydrogen) atoms. The van der Waals surface area contributed by atoms with Crippen LogP contribution in [0.5, 0.6) is 17.2 Å². The maximum absolute atomic E-state index is 13.3. The van der Waals surface area contributed by atoms with Gasteiger partial charge in [-0.25, -0.2) is 4.39 Å². The van der Waals surface area contributed by atoms with E-state index in [1.165, 1.54) is 44.8 Å². The lowest BCUT2D eigenvalue weighted by Gasteiger charge is -2.19. The van der Waals surface area contributed by atoms with Crippen LogP contribution in [0.3, 0.4) is 0 Å². The molecule has 3 rings (SSSR count). The summed E-state index contributed by atoms with van der Waals surface area (Å²) in [6, 6.07) is 13.1. The molecule has 0 saturated heterocycles. The number of methoxy groups -OCH3 is 3. The molecule has 0 bridgehead atoms. The predicted molar refractivity (Wildman–Crippen MR) is 111 cm³/mol. The minimum absolute atomic E-state index is 0.125. The molecule has 0 aliphatic heterocycles. The number of carbonyl (C=O) groups is 1. The van der Waals surface area contributed by atoms with Crippen molar-refractivity contribution in [3.63, 3.8) is 0 Å². The van der Waals surface area contributed by atoms with E-state index in [1.807, 2.05) is 17.5 Å². The summed E-state index contributed by atoms with van der Waals surface area (Å²) in [5, 5.41) is 4.99. The van der Waals surface area contributed by atoms with E-state index >= 15 is 0 Å². The van der Waals surface area contributed by atoms with Crippen LogP contribution in [0.2, 0.25) is 0 Å². The molecule has 5 nitrogen and oxygen atoms in total. The van der Waals surface area contributed by atoms with Gasteiger partial charge in [0.15, 0.2) is 11.5 Å². The van der Waals surface area contributed by atoms with Crippen molar-refractivity contribution in [3.05, 3.63) is 75.7 Å². The molecule has 7 heteroatoms. The monoisotopic (exact) mass is 415 g/mol. The van der Waals surface area contributed by atoms with Crippen LogP contribution in [0.1, 0.15) is 22.0 Å². The molecule has 2 aromatic carbocycles. The normalized spacial score (nSPS) is 11.6. The van der Waals surface area contributed by atoms with Gasteiger partial charge in [0.25, 0.3) is 0 Å². The molecular weight excluding hydrogens is 393 g/mol. The van der Waals surface area contributed by atoms with Crippen molar-refractivity contribution in [2.24, 2.45) is 0 Å². The van der Waals surface area contributed by atoms with Gasteiger partial charge in [0.1, 0.15) is 5.82 Å². The number of amides is 1. The number of ether oxygens (including phenoxy) is 3. The Labute approximate surface area is 173 Å². The summed E-state index contributed by atoms with van der Waals surface area (Å²) in [5.74, 6) is 0.956. The van der Waals surface area contributed by atoms with Crippen molar-refractivity contribution < 1.29 is 23.4 Å². The van der Waals surface area contributed by atoms with Gasteiger partial charge in [0.2, 0.25) is 11.7 Å². The first-order chi connectivity index (χ1) is 14.0. The lowest BCUT2D eigenvalue weighted by Crippen LogP contribution is -2.30. The number of carbonyl (C=O) groups excluding carboxylic acids is 1. The highest BCUT2D eigenvalue weighted by atomic mass is 32.1. The van der Waals surface area contributed by atoms with Crippen LogP contribution < -0.4 is 19.5 Å². The third kappa shape index (κ3) is 4.86. The van der Waals surface area contributed by atoms with Crippen molar-refractivity contribution in [1.29, 1.82) is 0 Å². The van der Waals surface area contributed by atoms with Gasteiger partial charge in [0, 0.05) is 4.88 Å². The van der Waals surface area contributed by atoms with Crippen LogP contribution in [-0.2, 0) is 11.2 Å². The fourth-order valence-corrected chi connectivity index (χ4v) is 3.87. The Morgan fingerprint density at radius 1 is 1.03 bits per heavy atom. The van der Waals surface area contributed by atoms with Crippen LogP contribution >= 0.6 is 11.3 Å². The fourth-order valence-electron chi connectivity index (χ4n) is 3.06. The molecule has 1 amide bonds. The molecule has 1 unspecified atom stereocenters. The van der Waals surface area contributed by atoms with Crippen molar-refractivity contribution in [1.82, 2.24) is 5.32 Å². The fraction of sp³-hybridized carbons (Fsp3) is 0.227.